The number of nitrogens with zero attached hydrogens (tertiary/aromatic N) is 4. The summed E-state index contributed by atoms with van der Waals surface area (Å²) in [4.78, 5) is 106. The van der Waals surface area contributed by atoms with Crippen LogP contribution in [0.15, 0.2) is 78.9 Å². The number of esters is 1. The number of aliphatic hydroxyl groups excluding tert-OH is 2. The number of rotatable bonds is 21. The molecule has 0 aromatic heterocycles. The van der Waals surface area contributed by atoms with Crippen LogP contribution in [-0.2, 0) is 54.4 Å². The van der Waals surface area contributed by atoms with Crippen LogP contribution in [0.1, 0.15) is 41.9 Å². The number of nitrogens with one attached hydrogen (secondary N) is 2. The summed E-state index contributed by atoms with van der Waals surface area (Å²) in [5.74, 6) is -4.68. The Bertz CT molecular complexity index is 2200. The molecule has 0 unspecified atom stereocenters. The first-order valence-corrected chi connectivity index (χ1v) is 21.3. The molecule has 66 heavy (non-hydrogen) atoms. The van der Waals surface area contributed by atoms with Gasteiger partial charge in [0, 0.05) is 47.1 Å². The molecule has 1 fully saturated rings. The van der Waals surface area contributed by atoms with Crippen molar-refractivity contribution in [3.63, 3.8) is 0 Å². The first-order valence-electron chi connectivity index (χ1n) is 21.3. The van der Waals surface area contributed by atoms with Crippen molar-refractivity contribution in [1.29, 1.82) is 0 Å². The predicted octanol–water partition coefficient (Wildman–Crippen LogP) is -0.268. The van der Waals surface area contributed by atoms with Crippen LogP contribution in [0.4, 0.5) is 4.79 Å². The second-order valence-corrected chi connectivity index (χ2v) is 16.3. The van der Waals surface area contributed by atoms with Gasteiger partial charge >= 0.3 is 12.1 Å². The maximum atomic E-state index is 13.3. The SMILES string of the molecule is CN(CC(N)=O)C(=O)CN(C)C(=O)CN(C)C(=O)CN(C)C(=O)C[C@@H]1O[C@H](CNC(=O)CC[C@H](NC(=O)OCC2c3ccccc3-c3ccccc32)C(=O)OCc2ccccc2)[C@@H](O)[C@H]1O. The van der Waals surface area contributed by atoms with Gasteiger partial charge in [-0.3, -0.25) is 28.8 Å². The standard InChI is InChI=1S/C46H57N7O13/c1-50(22-37(47)54)40(57)24-52(3)42(59)25-53(4)41(58)23-51(2)39(56)20-35-43(60)44(61)36(66-35)21-48-38(55)19-18-34(45(62)64-26-28-12-6-5-7-13-28)49-46(63)65-27-33-31-16-10-8-14-29(31)30-15-9-11-17-32(30)33/h5-17,33-36,43-44,60-61H,18-27H2,1-4H3,(H2,47,54)(H,48,55)(H,49,63)/t34-,35-,36+,43-,44+/m0/s1. The highest BCUT2D eigenvalue weighted by molar-refractivity contribution is 5.91. The van der Waals surface area contributed by atoms with Gasteiger partial charge in [0.15, 0.2) is 0 Å². The molecule has 6 N–H and O–H groups in total. The number of likely N-dealkylation sites (N-methyl/N-ethyl adjacent to an activating group) is 4. The molecule has 2 aliphatic rings. The molecule has 1 saturated heterocycles. The summed E-state index contributed by atoms with van der Waals surface area (Å²) in [7, 11) is 5.38. The van der Waals surface area contributed by atoms with Gasteiger partial charge in [0.05, 0.1) is 38.7 Å². The summed E-state index contributed by atoms with van der Waals surface area (Å²) < 4.78 is 16.9. The minimum absolute atomic E-state index is 0.00696. The molecule has 1 aliphatic heterocycles. The first-order chi connectivity index (χ1) is 31.4. The highest BCUT2D eigenvalue weighted by Gasteiger charge is 2.44. The number of carbonyl (C=O) groups is 8. The fraction of sp³-hybridized carbons (Fsp3) is 0.435. The Labute approximate surface area is 381 Å². The summed E-state index contributed by atoms with van der Waals surface area (Å²) in [5, 5.41) is 26.6. The number of benzene rings is 3. The minimum atomic E-state index is -1.52. The van der Waals surface area contributed by atoms with Crippen molar-refractivity contribution in [2.24, 2.45) is 5.73 Å². The first kappa shape index (κ1) is 50.1. The van der Waals surface area contributed by atoms with E-state index in [0.29, 0.717) is 5.56 Å². The lowest BCUT2D eigenvalue weighted by atomic mass is 9.98. The number of fused-ring (bicyclic) bond motifs is 3. The monoisotopic (exact) mass is 915 g/mol. The molecular weight excluding hydrogens is 859 g/mol. The Hall–Kier alpha value is -6.90. The Kier molecular flexibility index (Phi) is 17.7. The van der Waals surface area contributed by atoms with Gasteiger partial charge in [-0.05, 0) is 34.2 Å². The van der Waals surface area contributed by atoms with Crippen LogP contribution in [-0.4, -0.2) is 175 Å². The number of carbonyl (C=O) groups excluding carboxylic acids is 8. The summed E-state index contributed by atoms with van der Waals surface area (Å²) in [6.45, 7) is -1.92. The van der Waals surface area contributed by atoms with Gasteiger partial charge in [0.1, 0.15) is 37.6 Å². The molecule has 0 bridgehead atoms. The maximum absolute atomic E-state index is 13.3. The molecule has 20 heteroatoms. The lowest BCUT2D eigenvalue weighted by molar-refractivity contribution is -0.147. The Morgan fingerprint density at radius 3 is 1.73 bits per heavy atom. The average molecular weight is 916 g/mol. The molecule has 1 heterocycles. The molecule has 1 aliphatic carbocycles. The van der Waals surface area contributed by atoms with Crippen LogP contribution in [0.25, 0.3) is 11.1 Å². The summed E-state index contributed by atoms with van der Waals surface area (Å²) in [6, 6.07) is 23.3. The quantitative estimate of drug-likeness (QED) is 0.0864. The largest absolute Gasteiger partial charge is 0.459 e. The smallest absolute Gasteiger partial charge is 0.407 e. The number of nitrogens with two attached hydrogens (primary N) is 1. The van der Waals surface area contributed by atoms with E-state index >= 15 is 0 Å². The topological polar surface area (TPSA) is 268 Å². The van der Waals surface area contributed by atoms with Crippen molar-refractivity contribution in [3.8, 4) is 11.1 Å². The normalized spacial score (nSPS) is 17.6. The van der Waals surface area contributed by atoms with E-state index in [-0.39, 0.29) is 51.6 Å². The van der Waals surface area contributed by atoms with Gasteiger partial charge in [-0.1, -0.05) is 78.9 Å². The summed E-state index contributed by atoms with van der Waals surface area (Å²) >= 11 is 0. The van der Waals surface area contributed by atoms with Crippen molar-refractivity contribution < 1.29 is 62.8 Å². The van der Waals surface area contributed by atoms with Gasteiger partial charge in [-0.2, -0.15) is 0 Å². The van der Waals surface area contributed by atoms with E-state index in [1.54, 1.807) is 24.3 Å². The van der Waals surface area contributed by atoms with Crippen LogP contribution in [0.2, 0.25) is 0 Å². The molecule has 0 spiro atoms. The van der Waals surface area contributed by atoms with Crippen LogP contribution in [0.5, 0.6) is 0 Å². The summed E-state index contributed by atoms with van der Waals surface area (Å²) in [5.41, 5.74) is 9.91. The fourth-order valence-electron chi connectivity index (χ4n) is 7.49. The number of aliphatic hydroxyl groups is 2. The molecule has 0 saturated carbocycles. The molecular formula is C46H57N7O13. The zero-order chi connectivity index (χ0) is 48.1. The van der Waals surface area contributed by atoms with Crippen LogP contribution in [0, 0.1) is 0 Å². The molecule has 7 amide bonds. The molecule has 3 aromatic carbocycles. The van der Waals surface area contributed by atoms with Crippen LogP contribution in [0.3, 0.4) is 0 Å². The van der Waals surface area contributed by atoms with Crippen LogP contribution < -0.4 is 16.4 Å². The second-order valence-electron chi connectivity index (χ2n) is 16.3. The number of amides is 7. The Morgan fingerprint density at radius 2 is 1.17 bits per heavy atom. The Balaban J connectivity index is 1.08. The minimum Gasteiger partial charge on any atom is -0.459 e. The fourth-order valence-corrected chi connectivity index (χ4v) is 7.49. The third-order valence-corrected chi connectivity index (χ3v) is 11.4. The van der Waals surface area contributed by atoms with E-state index in [9.17, 15) is 48.6 Å². The zero-order valence-electron chi connectivity index (χ0n) is 37.3. The van der Waals surface area contributed by atoms with Gasteiger partial charge < -0.3 is 60.4 Å². The van der Waals surface area contributed by atoms with Crippen molar-refractivity contribution in [2.45, 2.75) is 62.2 Å². The van der Waals surface area contributed by atoms with E-state index in [1.165, 1.54) is 28.2 Å². The van der Waals surface area contributed by atoms with Gasteiger partial charge in [-0.25, -0.2) is 9.59 Å². The number of alkyl carbamates (subject to hydrolysis) is 1. The molecule has 354 valence electrons. The predicted molar refractivity (Wildman–Crippen MR) is 236 cm³/mol. The Morgan fingerprint density at radius 1 is 0.667 bits per heavy atom. The van der Waals surface area contributed by atoms with Crippen molar-refractivity contribution in [1.82, 2.24) is 30.2 Å². The van der Waals surface area contributed by atoms with E-state index in [4.69, 9.17) is 19.9 Å². The van der Waals surface area contributed by atoms with Crippen LogP contribution >= 0.6 is 0 Å². The summed E-state index contributed by atoms with van der Waals surface area (Å²) in [6.07, 6.45) is -7.12. The highest BCUT2D eigenvalue weighted by Crippen LogP contribution is 2.44. The van der Waals surface area contributed by atoms with E-state index < -0.39 is 97.5 Å². The highest BCUT2D eigenvalue weighted by atomic mass is 16.6. The molecule has 5 atom stereocenters. The average Bonchev–Trinajstić information content (AvgIpc) is 3.76. The lowest BCUT2D eigenvalue weighted by Crippen LogP contribution is -2.47. The number of hydrogen-bond acceptors (Lipinski definition) is 13. The van der Waals surface area contributed by atoms with E-state index in [0.717, 1.165) is 41.9 Å². The third-order valence-electron chi connectivity index (χ3n) is 11.4. The van der Waals surface area contributed by atoms with Crippen molar-refractivity contribution >= 4 is 47.5 Å². The van der Waals surface area contributed by atoms with Gasteiger partial charge in [0.2, 0.25) is 35.4 Å². The number of ether oxygens (including phenoxy) is 3. The molecule has 20 nitrogen and oxygen atoms in total. The number of primary amides is 1. The van der Waals surface area contributed by atoms with Crippen molar-refractivity contribution in [2.75, 3.05) is 67.5 Å². The number of hydrogen-bond donors (Lipinski definition) is 5. The van der Waals surface area contributed by atoms with E-state index in [1.807, 2.05) is 54.6 Å². The zero-order valence-corrected chi connectivity index (χ0v) is 37.3. The lowest BCUT2D eigenvalue weighted by Gasteiger charge is -2.25. The second kappa shape index (κ2) is 23.3. The third kappa shape index (κ3) is 13.6. The van der Waals surface area contributed by atoms with Crippen molar-refractivity contribution in [3.05, 3.63) is 95.6 Å². The maximum Gasteiger partial charge on any atom is 0.407 e. The van der Waals surface area contributed by atoms with E-state index in [2.05, 4.69) is 10.6 Å². The molecule has 5 rings (SSSR count). The molecule has 3 aromatic rings. The van der Waals surface area contributed by atoms with Gasteiger partial charge in [0.25, 0.3) is 0 Å². The van der Waals surface area contributed by atoms with Gasteiger partial charge in [-0.15, -0.1) is 0 Å². The molecule has 0 radical (unpaired) electrons.